The first-order chi connectivity index (χ1) is 12.6. The summed E-state index contributed by atoms with van der Waals surface area (Å²) in [7, 11) is 0. The van der Waals surface area contributed by atoms with Crippen molar-refractivity contribution in [2.75, 3.05) is 13.1 Å². The van der Waals surface area contributed by atoms with Gasteiger partial charge in [0, 0.05) is 31.4 Å². The van der Waals surface area contributed by atoms with Crippen LogP contribution >= 0.6 is 0 Å². The predicted molar refractivity (Wildman–Crippen MR) is 98.8 cm³/mol. The lowest BCUT2D eigenvalue weighted by Crippen LogP contribution is -2.37. The van der Waals surface area contributed by atoms with E-state index < -0.39 is 0 Å². The van der Waals surface area contributed by atoms with Crippen molar-refractivity contribution < 1.29 is 9.32 Å². The highest BCUT2D eigenvalue weighted by molar-refractivity contribution is 5.97. The first kappa shape index (κ1) is 16.7. The molecule has 0 bridgehead atoms. The van der Waals surface area contributed by atoms with E-state index in [0.29, 0.717) is 17.3 Å². The van der Waals surface area contributed by atoms with Gasteiger partial charge in [-0.2, -0.15) is 0 Å². The van der Waals surface area contributed by atoms with Crippen molar-refractivity contribution in [3.63, 3.8) is 0 Å². The van der Waals surface area contributed by atoms with Crippen LogP contribution in [-0.2, 0) is 0 Å². The average Bonchev–Trinajstić information content (AvgIpc) is 3.28. The highest BCUT2D eigenvalue weighted by atomic mass is 16.5. The van der Waals surface area contributed by atoms with Gasteiger partial charge in [-0.15, -0.1) is 0 Å². The van der Waals surface area contributed by atoms with E-state index in [0.717, 1.165) is 30.6 Å². The number of pyridine rings is 1. The third kappa shape index (κ3) is 3.20. The van der Waals surface area contributed by atoms with E-state index in [-0.39, 0.29) is 11.9 Å². The molecule has 4 rings (SSSR count). The lowest BCUT2D eigenvalue weighted by molar-refractivity contribution is 0.0936. The van der Waals surface area contributed by atoms with Crippen LogP contribution in [0.5, 0.6) is 0 Å². The maximum atomic E-state index is 12.6. The topological polar surface area (TPSA) is 71.3 Å². The third-order valence-corrected chi connectivity index (χ3v) is 5.16. The number of hydrogen-bond acceptors (Lipinski definition) is 5. The van der Waals surface area contributed by atoms with Gasteiger partial charge in [-0.1, -0.05) is 35.5 Å². The maximum Gasteiger partial charge on any atom is 0.257 e. The van der Waals surface area contributed by atoms with Crippen LogP contribution in [-0.4, -0.2) is 40.1 Å². The standard InChI is InChI=1S/C20H22N4O2/c1-13-18-10-16(11-21-20(18)26-23-13)19(25)22-17-8-9-24(12-17)14(2)15-6-4-3-5-7-15/h3-7,10-11,14,17H,8-9,12H2,1-2H3,(H,22,25)/t14-,17-/m0/s1. The summed E-state index contributed by atoms with van der Waals surface area (Å²) < 4.78 is 5.10. The molecule has 1 fully saturated rings. The van der Waals surface area contributed by atoms with Crippen molar-refractivity contribution in [1.82, 2.24) is 20.4 Å². The summed E-state index contributed by atoms with van der Waals surface area (Å²) in [6, 6.07) is 12.8. The van der Waals surface area contributed by atoms with E-state index in [1.807, 2.05) is 13.0 Å². The monoisotopic (exact) mass is 350 g/mol. The summed E-state index contributed by atoms with van der Waals surface area (Å²) in [5.41, 5.74) is 3.05. The van der Waals surface area contributed by atoms with Crippen molar-refractivity contribution in [2.24, 2.45) is 0 Å². The number of likely N-dealkylation sites (tertiary alicyclic amines) is 1. The molecule has 1 aromatic carbocycles. The molecule has 1 amide bonds. The van der Waals surface area contributed by atoms with Crippen molar-refractivity contribution in [1.29, 1.82) is 0 Å². The summed E-state index contributed by atoms with van der Waals surface area (Å²) in [4.78, 5) is 19.2. The summed E-state index contributed by atoms with van der Waals surface area (Å²) in [5.74, 6) is -0.0979. The number of carbonyl (C=O) groups excluding carboxylic acids is 1. The van der Waals surface area contributed by atoms with Gasteiger partial charge in [0.15, 0.2) is 0 Å². The molecule has 0 spiro atoms. The fraction of sp³-hybridized carbons (Fsp3) is 0.350. The number of carbonyl (C=O) groups is 1. The zero-order chi connectivity index (χ0) is 18.1. The van der Waals surface area contributed by atoms with Gasteiger partial charge in [0.2, 0.25) is 0 Å². The molecule has 3 aromatic rings. The maximum absolute atomic E-state index is 12.6. The van der Waals surface area contributed by atoms with Crippen LogP contribution in [0.25, 0.3) is 11.1 Å². The molecule has 1 N–H and O–H groups in total. The zero-order valence-electron chi connectivity index (χ0n) is 15.0. The number of aryl methyl sites for hydroxylation is 1. The third-order valence-electron chi connectivity index (χ3n) is 5.16. The molecule has 6 nitrogen and oxygen atoms in total. The number of nitrogens with one attached hydrogen (secondary N) is 1. The fourth-order valence-electron chi connectivity index (χ4n) is 3.54. The largest absolute Gasteiger partial charge is 0.348 e. The Bertz CT molecular complexity index is 922. The van der Waals surface area contributed by atoms with Crippen molar-refractivity contribution in [3.8, 4) is 0 Å². The number of rotatable bonds is 4. The molecule has 2 aromatic heterocycles. The van der Waals surface area contributed by atoms with E-state index in [1.54, 1.807) is 12.3 Å². The fourth-order valence-corrected chi connectivity index (χ4v) is 3.54. The Hall–Kier alpha value is -2.73. The number of nitrogens with zero attached hydrogens (tertiary/aromatic N) is 3. The van der Waals surface area contributed by atoms with Crippen LogP contribution in [0.15, 0.2) is 47.1 Å². The van der Waals surface area contributed by atoms with Gasteiger partial charge in [0.05, 0.1) is 16.6 Å². The molecule has 0 saturated carbocycles. The van der Waals surface area contributed by atoms with Crippen molar-refractivity contribution in [3.05, 3.63) is 59.4 Å². The molecule has 1 aliphatic rings. The SMILES string of the molecule is Cc1noc2ncc(C(=O)N[C@H]3CCN([C@@H](C)c4ccccc4)C3)cc12. The zero-order valence-corrected chi connectivity index (χ0v) is 15.0. The van der Waals surface area contributed by atoms with E-state index in [4.69, 9.17) is 4.52 Å². The number of amides is 1. The minimum absolute atomic E-state index is 0.0979. The van der Waals surface area contributed by atoms with Crippen LogP contribution < -0.4 is 5.32 Å². The first-order valence-corrected chi connectivity index (χ1v) is 8.93. The summed E-state index contributed by atoms with van der Waals surface area (Å²) in [5, 5.41) is 7.80. The number of benzene rings is 1. The molecule has 1 saturated heterocycles. The molecule has 26 heavy (non-hydrogen) atoms. The Labute approximate surface area is 152 Å². The van der Waals surface area contributed by atoms with E-state index >= 15 is 0 Å². The molecule has 0 radical (unpaired) electrons. The summed E-state index contributed by atoms with van der Waals surface area (Å²) in [6.45, 7) is 5.88. The van der Waals surface area contributed by atoms with E-state index in [2.05, 4.69) is 51.5 Å². The minimum atomic E-state index is -0.0979. The van der Waals surface area contributed by atoms with Crippen LogP contribution in [0, 0.1) is 6.92 Å². The molecule has 0 unspecified atom stereocenters. The van der Waals surface area contributed by atoms with Gasteiger partial charge < -0.3 is 9.84 Å². The Morgan fingerprint density at radius 3 is 2.96 bits per heavy atom. The van der Waals surface area contributed by atoms with Crippen LogP contribution in [0.4, 0.5) is 0 Å². The van der Waals surface area contributed by atoms with Crippen molar-refractivity contribution in [2.45, 2.75) is 32.4 Å². The summed E-state index contributed by atoms with van der Waals surface area (Å²) >= 11 is 0. The average molecular weight is 350 g/mol. The quantitative estimate of drug-likeness (QED) is 0.783. The lowest BCUT2D eigenvalue weighted by Gasteiger charge is -2.24. The second-order valence-electron chi connectivity index (χ2n) is 6.89. The van der Waals surface area contributed by atoms with Gasteiger partial charge in [-0.25, -0.2) is 4.98 Å². The summed E-state index contributed by atoms with van der Waals surface area (Å²) in [6.07, 6.45) is 2.49. The molecule has 134 valence electrons. The van der Waals surface area contributed by atoms with Gasteiger partial charge in [0.25, 0.3) is 11.6 Å². The molecular formula is C20H22N4O2. The van der Waals surface area contributed by atoms with Crippen molar-refractivity contribution >= 4 is 17.0 Å². The molecule has 2 atom stereocenters. The normalized spacial score (nSPS) is 18.9. The number of aromatic nitrogens is 2. The second-order valence-corrected chi connectivity index (χ2v) is 6.89. The number of hydrogen-bond donors (Lipinski definition) is 1. The van der Waals surface area contributed by atoms with E-state index in [9.17, 15) is 4.79 Å². The highest BCUT2D eigenvalue weighted by Crippen LogP contribution is 2.24. The predicted octanol–water partition coefficient (Wildman–Crippen LogP) is 3.10. The molecular weight excluding hydrogens is 328 g/mol. The Kier molecular flexibility index (Phi) is 4.42. The van der Waals surface area contributed by atoms with Gasteiger partial charge in [0.1, 0.15) is 0 Å². The minimum Gasteiger partial charge on any atom is -0.348 e. The lowest BCUT2D eigenvalue weighted by atomic mass is 10.1. The smallest absolute Gasteiger partial charge is 0.257 e. The Balaban J connectivity index is 1.41. The molecule has 3 heterocycles. The molecule has 0 aliphatic carbocycles. The van der Waals surface area contributed by atoms with E-state index in [1.165, 1.54) is 5.56 Å². The first-order valence-electron chi connectivity index (χ1n) is 8.93. The van der Waals surface area contributed by atoms with Crippen LogP contribution in [0.1, 0.15) is 41.0 Å². The number of fused-ring (bicyclic) bond motifs is 1. The Morgan fingerprint density at radius 2 is 2.15 bits per heavy atom. The second kappa shape index (κ2) is 6.88. The van der Waals surface area contributed by atoms with Crippen LogP contribution in [0.3, 0.4) is 0 Å². The molecule has 1 aliphatic heterocycles. The van der Waals surface area contributed by atoms with Crippen LogP contribution in [0.2, 0.25) is 0 Å². The van der Waals surface area contributed by atoms with Gasteiger partial charge in [-0.3, -0.25) is 9.69 Å². The van der Waals surface area contributed by atoms with Gasteiger partial charge in [-0.05, 0) is 31.9 Å². The van der Waals surface area contributed by atoms with Gasteiger partial charge >= 0.3 is 0 Å². The Morgan fingerprint density at radius 1 is 1.35 bits per heavy atom. The molecule has 6 heteroatoms. The highest BCUT2D eigenvalue weighted by Gasteiger charge is 2.28.